The normalized spacial score (nSPS) is 17.4. The van der Waals surface area contributed by atoms with Gasteiger partial charge in [0.1, 0.15) is 5.75 Å². The highest BCUT2D eigenvalue weighted by atomic mass is 16.5. The van der Waals surface area contributed by atoms with Crippen molar-refractivity contribution in [1.29, 1.82) is 0 Å². The van der Waals surface area contributed by atoms with E-state index in [9.17, 15) is 0 Å². The van der Waals surface area contributed by atoms with E-state index in [2.05, 4.69) is 17.3 Å². The van der Waals surface area contributed by atoms with Crippen LogP contribution in [0.25, 0.3) is 0 Å². The highest BCUT2D eigenvalue weighted by molar-refractivity contribution is 5.84. The zero-order chi connectivity index (χ0) is 12.3. The quantitative estimate of drug-likeness (QED) is 0.364. The second kappa shape index (κ2) is 5.08. The molecule has 1 unspecified atom stereocenters. The first-order valence-corrected chi connectivity index (χ1v) is 5.96. The smallest absolute Gasteiger partial charge is 0.180 e. The van der Waals surface area contributed by atoms with Crippen molar-refractivity contribution in [3.05, 3.63) is 29.3 Å². The first kappa shape index (κ1) is 11.8. The molecule has 0 saturated carbocycles. The number of amidine groups is 1. The highest BCUT2D eigenvalue weighted by Gasteiger charge is 2.13. The molecule has 1 atom stereocenters. The molecule has 0 heterocycles. The molecule has 0 fully saturated rings. The Bertz CT molecular complexity index is 429. The Balaban J connectivity index is 2.12. The third-order valence-electron chi connectivity index (χ3n) is 3.16. The van der Waals surface area contributed by atoms with Gasteiger partial charge in [-0.2, -0.15) is 0 Å². The summed E-state index contributed by atoms with van der Waals surface area (Å²) in [6.07, 6.45) is 4.37. The molecular formula is C13H18N2O2. The number of hydrogen-bond donors (Lipinski definition) is 2. The fourth-order valence-electron chi connectivity index (χ4n) is 2.13. The van der Waals surface area contributed by atoms with E-state index >= 15 is 0 Å². The average Bonchev–Trinajstić information content (AvgIpc) is 2.37. The zero-order valence-electron chi connectivity index (χ0n) is 10.0. The minimum absolute atomic E-state index is 0.0859. The number of fused-ring (bicyclic) bond motifs is 1. The number of nitrogens with zero attached hydrogens (tertiary/aromatic N) is 1. The molecular weight excluding hydrogens is 216 g/mol. The van der Waals surface area contributed by atoms with Gasteiger partial charge in [-0.25, -0.2) is 0 Å². The lowest BCUT2D eigenvalue weighted by atomic mass is 9.92. The molecule has 2 rings (SSSR count). The van der Waals surface area contributed by atoms with Crippen LogP contribution in [0.1, 0.15) is 30.9 Å². The molecule has 1 aliphatic rings. The van der Waals surface area contributed by atoms with Crippen molar-refractivity contribution in [1.82, 2.24) is 0 Å². The number of rotatable bonds is 3. The summed E-state index contributed by atoms with van der Waals surface area (Å²) in [5.74, 6) is 0.868. The van der Waals surface area contributed by atoms with Crippen molar-refractivity contribution >= 4 is 5.84 Å². The van der Waals surface area contributed by atoms with Crippen molar-refractivity contribution in [3.8, 4) is 5.75 Å². The van der Waals surface area contributed by atoms with Gasteiger partial charge in [0.25, 0.3) is 0 Å². The Labute approximate surface area is 101 Å². The third kappa shape index (κ3) is 2.70. The molecule has 0 spiro atoms. The van der Waals surface area contributed by atoms with Crippen LogP contribution in [0.2, 0.25) is 0 Å². The van der Waals surface area contributed by atoms with E-state index in [4.69, 9.17) is 15.7 Å². The largest absolute Gasteiger partial charge is 0.483 e. The lowest BCUT2D eigenvalue weighted by Gasteiger charge is -2.18. The van der Waals surface area contributed by atoms with E-state index < -0.39 is 6.10 Å². The number of nitrogens with two attached hydrogens (primary N) is 1. The van der Waals surface area contributed by atoms with Crippen LogP contribution in [0, 0.1) is 0 Å². The summed E-state index contributed by atoms with van der Waals surface area (Å²) in [4.78, 5) is 0. The van der Waals surface area contributed by atoms with E-state index in [0.717, 1.165) is 18.6 Å². The Morgan fingerprint density at radius 1 is 1.35 bits per heavy atom. The number of benzene rings is 1. The molecule has 4 nitrogen and oxygen atoms in total. The van der Waals surface area contributed by atoms with Gasteiger partial charge in [-0.1, -0.05) is 11.2 Å². The van der Waals surface area contributed by atoms with Crippen LogP contribution >= 0.6 is 0 Å². The summed E-state index contributed by atoms with van der Waals surface area (Å²) in [6, 6.07) is 6.13. The van der Waals surface area contributed by atoms with Crippen molar-refractivity contribution in [2.45, 2.75) is 38.7 Å². The van der Waals surface area contributed by atoms with Gasteiger partial charge in [0.05, 0.1) is 0 Å². The standard InChI is InChI=1S/C13H18N2O2/c1-9(13(14)15-16)17-12-7-6-10-4-2-3-5-11(10)8-12/h6-9,16H,2-5H2,1H3,(H2,14,15). The first-order chi connectivity index (χ1) is 8.20. The molecule has 0 aliphatic heterocycles. The van der Waals surface area contributed by atoms with Crippen LogP contribution in [0.4, 0.5) is 0 Å². The maximum absolute atomic E-state index is 8.56. The van der Waals surface area contributed by atoms with Gasteiger partial charge in [-0.05, 0) is 55.9 Å². The molecule has 1 aliphatic carbocycles. The fraction of sp³-hybridized carbons (Fsp3) is 0.462. The summed E-state index contributed by atoms with van der Waals surface area (Å²) in [7, 11) is 0. The molecule has 4 heteroatoms. The molecule has 0 radical (unpaired) electrons. The fourth-order valence-corrected chi connectivity index (χ4v) is 2.13. The maximum Gasteiger partial charge on any atom is 0.180 e. The highest BCUT2D eigenvalue weighted by Crippen LogP contribution is 2.25. The SMILES string of the molecule is CC(Oc1ccc2c(c1)CCCC2)C(N)=NO. The van der Waals surface area contributed by atoms with Crippen molar-refractivity contribution < 1.29 is 9.94 Å². The first-order valence-electron chi connectivity index (χ1n) is 5.96. The van der Waals surface area contributed by atoms with E-state index in [1.165, 1.54) is 24.0 Å². The van der Waals surface area contributed by atoms with E-state index in [0.29, 0.717) is 0 Å². The van der Waals surface area contributed by atoms with Crippen LogP contribution in [-0.2, 0) is 12.8 Å². The monoisotopic (exact) mass is 234 g/mol. The van der Waals surface area contributed by atoms with Gasteiger partial charge in [0.2, 0.25) is 0 Å². The second-order valence-electron chi connectivity index (χ2n) is 4.42. The number of oxime groups is 1. The summed E-state index contributed by atoms with van der Waals surface area (Å²) in [6.45, 7) is 1.76. The van der Waals surface area contributed by atoms with Crippen molar-refractivity contribution in [2.24, 2.45) is 10.9 Å². The van der Waals surface area contributed by atoms with Crippen LogP contribution < -0.4 is 10.5 Å². The van der Waals surface area contributed by atoms with E-state index in [1.807, 2.05) is 6.07 Å². The summed E-state index contributed by atoms with van der Waals surface area (Å²) in [5.41, 5.74) is 8.26. The van der Waals surface area contributed by atoms with Crippen molar-refractivity contribution in [2.75, 3.05) is 0 Å². The topological polar surface area (TPSA) is 67.8 Å². The molecule has 0 bridgehead atoms. The van der Waals surface area contributed by atoms with Crippen LogP contribution in [0.15, 0.2) is 23.4 Å². The molecule has 0 saturated heterocycles. The van der Waals surface area contributed by atoms with Gasteiger partial charge < -0.3 is 15.7 Å². The molecule has 17 heavy (non-hydrogen) atoms. The van der Waals surface area contributed by atoms with Crippen LogP contribution in [0.5, 0.6) is 5.75 Å². The van der Waals surface area contributed by atoms with Crippen LogP contribution in [-0.4, -0.2) is 17.1 Å². The average molecular weight is 234 g/mol. The van der Waals surface area contributed by atoms with Crippen molar-refractivity contribution in [3.63, 3.8) is 0 Å². The maximum atomic E-state index is 8.56. The Morgan fingerprint density at radius 2 is 2.06 bits per heavy atom. The Kier molecular flexibility index (Phi) is 3.52. The summed E-state index contributed by atoms with van der Waals surface area (Å²) < 4.78 is 5.62. The minimum Gasteiger partial charge on any atom is -0.483 e. The second-order valence-corrected chi connectivity index (χ2v) is 4.42. The van der Waals surface area contributed by atoms with Gasteiger partial charge >= 0.3 is 0 Å². The third-order valence-corrected chi connectivity index (χ3v) is 3.16. The zero-order valence-corrected chi connectivity index (χ0v) is 10.0. The minimum atomic E-state index is -0.415. The predicted octanol–water partition coefficient (Wildman–Crippen LogP) is 2.08. The number of hydrogen-bond acceptors (Lipinski definition) is 3. The molecule has 3 N–H and O–H groups in total. The Morgan fingerprint density at radius 3 is 2.76 bits per heavy atom. The van der Waals surface area contributed by atoms with E-state index in [1.54, 1.807) is 6.92 Å². The Hall–Kier alpha value is -1.71. The predicted molar refractivity (Wildman–Crippen MR) is 66.6 cm³/mol. The molecule has 1 aromatic carbocycles. The van der Waals surface area contributed by atoms with Gasteiger partial charge in [0.15, 0.2) is 11.9 Å². The summed E-state index contributed by atoms with van der Waals surface area (Å²) in [5, 5.41) is 11.5. The van der Waals surface area contributed by atoms with Gasteiger partial charge in [0, 0.05) is 0 Å². The molecule has 0 amide bonds. The van der Waals surface area contributed by atoms with Crippen LogP contribution in [0.3, 0.4) is 0 Å². The molecule has 0 aromatic heterocycles. The molecule has 1 aromatic rings. The number of aryl methyl sites for hydroxylation is 2. The summed E-state index contributed by atoms with van der Waals surface area (Å²) >= 11 is 0. The van der Waals surface area contributed by atoms with Gasteiger partial charge in [-0.3, -0.25) is 0 Å². The lowest BCUT2D eigenvalue weighted by Crippen LogP contribution is -2.31. The van der Waals surface area contributed by atoms with E-state index in [-0.39, 0.29) is 5.84 Å². The lowest BCUT2D eigenvalue weighted by molar-refractivity contribution is 0.265. The van der Waals surface area contributed by atoms with Gasteiger partial charge in [-0.15, -0.1) is 0 Å². The number of ether oxygens (including phenoxy) is 1. The molecule has 92 valence electrons.